The SMILES string of the molecule is O=C(O)c1cc2cc(F)c(-c3ccc(F)cc3)nc2nc1C(F)(F)F. The van der Waals surface area contributed by atoms with Crippen LogP contribution in [0.15, 0.2) is 36.4 Å². The number of alkyl halides is 3. The number of aromatic nitrogens is 2. The van der Waals surface area contributed by atoms with Crippen LogP contribution in [0, 0.1) is 11.6 Å². The molecule has 0 atom stereocenters. The highest BCUT2D eigenvalue weighted by Gasteiger charge is 2.38. The molecule has 0 aliphatic carbocycles. The van der Waals surface area contributed by atoms with Crippen molar-refractivity contribution in [2.45, 2.75) is 6.18 Å². The molecule has 0 spiro atoms. The molecular weight excluding hydrogens is 347 g/mol. The Hall–Kier alpha value is -3.10. The van der Waals surface area contributed by atoms with Crippen molar-refractivity contribution >= 4 is 17.0 Å². The number of carboxylic acids is 1. The molecule has 0 unspecified atom stereocenters. The third-order valence-corrected chi connectivity index (χ3v) is 3.37. The van der Waals surface area contributed by atoms with E-state index in [4.69, 9.17) is 5.11 Å². The molecule has 0 bridgehead atoms. The average Bonchev–Trinajstić information content (AvgIpc) is 2.53. The number of carbonyl (C=O) groups is 1. The van der Waals surface area contributed by atoms with E-state index in [0.29, 0.717) is 6.07 Å². The van der Waals surface area contributed by atoms with Gasteiger partial charge in [-0.1, -0.05) is 0 Å². The van der Waals surface area contributed by atoms with E-state index in [0.717, 1.165) is 18.2 Å². The summed E-state index contributed by atoms with van der Waals surface area (Å²) in [6.07, 6.45) is -5.02. The third kappa shape index (κ3) is 3.12. The zero-order valence-electron chi connectivity index (χ0n) is 12.1. The van der Waals surface area contributed by atoms with E-state index >= 15 is 0 Å². The van der Waals surface area contributed by atoms with Gasteiger partial charge in [0.1, 0.15) is 17.3 Å². The normalized spacial score (nSPS) is 11.7. The zero-order chi connectivity index (χ0) is 18.4. The minimum Gasteiger partial charge on any atom is -0.478 e. The summed E-state index contributed by atoms with van der Waals surface area (Å²) >= 11 is 0. The van der Waals surface area contributed by atoms with Gasteiger partial charge < -0.3 is 5.11 Å². The van der Waals surface area contributed by atoms with Gasteiger partial charge in [-0.2, -0.15) is 13.2 Å². The molecule has 0 radical (unpaired) electrons. The third-order valence-electron chi connectivity index (χ3n) is 3.37. The second kappa shape index (κ2) is 5.76. The first kappa shape index (κ1) is 16.7. The molecule has 25 heavy (non-hydrogen) atoms. The van der Waals surface area contributed by atoms with Crippen LogP contribution in [0.3, 0.4) is 0 Å². The highest BCUT2D eigenvalue weighted by atomic mass is 19.4. The van der Waals surface area contributed by atoms with Crippen LogP contribution in [0.4, 0.5) is 22.0 Å². The number of hydrogen-bond acceptors (Lipinski definition) is 3. The summed E-state index contributed by atoms with van der Waals surface area (Å²) < 4.78 is 66.2. The minimum absolute atomic E-state index is 0.137. The van der Waals surface area contributed by atoms with Gasteiger partial charge in [-0.3, -0.25) is 0 Å². The first-order valence-corrected chi connectivity index (χ1v) is 6.74. The van der Waals surface area contributed by atoms with Crippen LogP contribution < -0.4 is 0 Å². The molecule has 0 fully saturated rings. The molecule has 1 N–H and O–H groups in total. The highest BCUT2D eigenvalue weighted by Crippen LogP contribution is 2.33. The molecule has 0 aliphatic rings. The fourth-order valence-electron chi connectivity index (χ4n) is 2.27. The molecule has 2 aromatic heterocycles. The minimum atomic E-state index is -5.02. The Bertz CT molecular complexity index is 984. The Kier molecular flexibility index (Phi) is 3.86. The van der Waals surface area contributed by atoms with Gasteiger partial charge in [-0.25, -0.2) is 23.5 Å². The van der Waals surface area contributed by atoms with Crippen molar-refractivity contribution in [2.24, 2.45) is 0 Å². The quantitative estimate of drug-likeness (QED) is 0.698. The van der Waals surface area contributed by atoms with E-state index in [9.17, 15) is 26.7 Å². The Morgan fingerprint density at radius 2 is 1.64 bits per heavy atom. The number of nitrogens with zero attached hydrogens (tertiary/aromatic N) is 2. The van der Waals surface area contributed by atoms with Crippen molar-refractivity contribution in [1.29, 1.82) is 0 Å². The molecule has 3 aromatic rings. The number of carboxylic acid groups (broad SMARTS) is 1. The summed E-state index contributed by atoms with van der Waals surface area (Å²) in [4.78, 5) is 18.0. The molecule has 0 amide bonds. The van der Waals surface area contributed by atoms with Crippen LogP contribution in [-0.2, 0) is 6.18 Å². The maximum atomic E-state index is 14.2. The van der Waals surface area contributed by atoms with Gasteiger partial charge >= 0.3 is 12.1 Å². The van der Waals surface area contributed by atoms with E-state index in [2.05, 4.69) is 9.97 Å². The molecule has 0 saturated heterocycles. The smallest absolute Gasteiger partial charge is 0.434 e. The van der Waals surface area contributed by atoms with Crippen LogP contribution in [0.1, 0.15) is 16.1 Å². The molecule has 9 heteroatoms. The molecule has 1 aromatic carbocycles. The molecule has 4 nitrogen and oxygen atoms in total. The summed E-state index contributed by atoms with van der Waals surface area (Å²) in [5.41, 5.74) is -3.39. The van der Waals surface area contributed by atoms with Crippen molar-refractivity contribution < 1.29 is 31.9 Å². The van der Waals surface area contributed by atoms with Gasteiger partial charge in [0.2, 0.25) is 0 Å². The first-order valence-electron chi connectivity index (χ1n) is 6.74. The summed E-state index contributed by atoms with van der Waals surface area (Å²) in [7, 11) is 0. The number of rotatable bonds is 2. The number of benzene rings is 1. The lowest BCUT2D eigenvalue weighted by Crippen LogP contribution is -2.16. The number of pyridine rings is 2. The Morgan fingerprint density at radius 1 is 1.00 bits per heavy atom. The molecule has 128 valence electrons. The maximum absolute atomic E-state index is 14.2. The molecule has 0 aliphatic heterocycles. The van der Waals surface area contributed by atoms with Crippen molar-refractivity contribution in [1.82, 2.24) is 9.97 Å². The van der Waals surface area contributed by atoms with Crippen LogP contribution in [-0.4, -0.2) is 21.0 Å². The second-order valence-corrected chi connectivity index (χ2v) is 5.06. The zero-order valence-corrected chi connectivity index (χ0v) is 12.1. The Morgan fingerprint density at radius 3 is 2.20 bits per heavy atom. The predicted octanol–water partition coefficient (Wildman–Crippen LogP) is 4.29. The standard InChI is InChI=1S/C16H7F5N2O2/c17-9-3-1-7(2-4-9)12-11(18)6-8-5-10(15(24)25)13(16(19,20)21)23-14(8)22-12/h1-6H,(H,24,25). The fourth-order valence-corrected chi connectivity index (χ4v) is 2.27. The van der Waals surface area contributed by atoms with Crippen molar-refractivity contribution in [2.75, 3.05) is 0 Å². The summed E-state index contributed by atoms with van der Waals surface area (Å²) in [6.45, 7) is 0. The number of hydrogen-bond donors (Lipinski definition) is 1. The summed E-state index contributed by atoms with van der Waals surface area (Å²) in [6, 6.07) is 6.01. The monoisotopic (exact) mass is 354 g/mol. The second-order valence-electron chi connectivity index (χ2n) is 5.06. The average molecular weight is 354 g/mol. The topological polar surface area (TPSA) is 63.1 Å². The van der Waals surface area contributed by atoms with E-state index < -0.39 is 40.7 Å². The largest absolute Gasteiger partial charge is 0.478 e. The van der Waals surface area contributed by atoms with Crippen molar-refractivity contribution in [3.8, 4) is 11.3 Å². The number of aromatic carboxylic acids is 1. The van der Waals surface area contributed by atoms with E-state index in [1.165, 1.54) is 12.1 Å². The van der Waals surface area contributed by atoms with E-state index in [-0.39, 0.29) is 16.6 Å². The van der Waals surface area contributed by atoms with E-state index in [1.807, 2.05) is 0 Å². The van der Waals surface area contributed by atoms with Gasteiger partial charge in [0, 0.05) is 10.9 Å². The molecule has 3 rings (SSSR count). The lowest BCUT2D eigenvalue weighted by Gasteiger charge is -2.11. The molecule has 2 heterocycles. The summed E-state index contributed by atoms with van der Waals surface area (Å²) in [5, 5.41) is 8.73. The van der Waals surface area contributed by atoms with Gasteiger partial charge in [-0.05, 0) is 36.4 Å². The fraction of sp³-hybridized carbons (Fsp3) is 0.0625. The number of halogens is 5. The van der Waals surface area contributed by atoms with Crippen LogP contribution >= 0.6 is 0 Å². The first-order chi connectivity index (χ1) is 11.7. The van der Waals surface area contributed by atoms with Crippen LogP contribution in [0.25, 0.3) is 22.3 Å². The van der Waals surface area contributed by atoms with Gasteiger partial charge in [-0.15, -0.1) is 0 Å². The number of fused-ring (bicyclic) bond motifs is 1. The van der Waals surface area contributed by atoms with Gasteiger partial charge in [0.25, 0.3) is 0 Å². The van der Waals surface area contributed by atoms with E-state index in [1.54, 1.807) is 0 Å². The van der Waals surface area contributed by atoms with Crippen molar-refractivity contribution in [3.63, 3.8) is 0 Å². The summed E-state index contributed by atoms with van der Waals surface area (Å²) in [5.74, 6) is -3.32. The molecule has 0 saturated carbocycles. The van der Waals surface area contributed by atoms with Gasteiger partial charge in [0.05, 0.1) is 5.56 Å². The van der Waals surface area contributed by atoms with Gasteiger partial charge in [0.15, 0.2) is 11.3 Å². The van der Waals surface area contributed by atoms with Crippen molar-refractivity contribution in [3.05, 3.63) is 59.3 Å². The lowest BCUT2D eigenvalue weighted by molar-refractivity contribution is -0.141. The van der Waals surface area contributed by atoms with Crippen LogP contribution in [0.5, 0.6) is 0 Å². The lowest BCUT2D eigenvalue weighted by atomic mass is 10.1. The maximum Gasteiger partial charge on any atom is 0.434 e. The Balaban J connectivity index is 2.27. The highest BCUT2D eigenvalue weighted by molar-refractivity contribution is 5.94. The predicted molar refractivity (Wildman–Crippen MR) is 76.9 cm³/mol. The van der Waals surface area contributed by atoms with Crippen LogP contribution in [0.2, 0.25) is 0 Å². The Labute approximate surface area is 136 Å². The molecular formula is C16H7F5N2O2.